The number of aromatic nitrogens is 2. The van der Waals surface area contributed by atoms with Gasteiger partial charge in [-0.1, -0.05) is 23.7 Å². The molecule has 1 amide bonds. The van der Waals surface area contributed by atoms with E-state index in [0.717, 1.165) is 43.0 Å². The molecule has 1 aliphatic heterocycles. The standard InChI is InChI=1S/C20H21ClN4O/c21-17-7-4-15(5-8-17)6-9-20(26)25-12-10-24(11-13-25)19-14-16-2-1-3-18(16)22-23-19/h4-9,14H,1-3,10-13H2/b9-6+. The zero-order chi connectivity index (χ0) is 17.9. The summed E-state index contributed by atoms with van der Waals surface area (Å²) in [6.07, 6.45) is 6.79. The van der Waals surface area contributed by atoms with Gasteiger partial charge in [-0.2, -0.15) is 5.10 Å². The Balaban J connectivity index is 1.34. The lowest BCUT2D eigenvalue weighted by Gasteiger charge is -2.34. The maximum absolute atomic E-state index is 12.4. The number of carbonyl (C=O) groups is 1. The molecule has 0 unspecified atom stereocenters. The molecule has 4 rings (SSSR count). The van der Waals surface area contributed by atoms with Crippen molar-refractivity contribution in [2.45, 2.75) is 19.3 Å². The van der Waals surface area contributed by atoms with Gasteiger partial charge in [-0.3, -0.25) is 4.79 Å². The monoisotopic (exact) mass is 368 g/mol. The molecular weight excluding hydrogens is 348 g/mol. The third-order valence-corrected chi connectivity index (χ3v) is 5.26. The van der Waals surface area contributed by atoms with Crippen molar-refractivity contribution >= 4 is 29.4 Å². The predicted octanol–water partition coefficient (Wildman–Crippen LogP) is 2.98. The second-order valence-corrected chi connectivity index (χ2v) is 7.16. The fraction of sp³-hybridized carbons (Fsp3) is 0.350. The summed E-state index contributed by atoms with van der Waals surface area (Å²) >= 11 is 5.88. The number of carbonyl (C=O) groups excluding carboxylic acids is 1. The van der Waals surface area contributed by atoms with E-state index in [-0.39, 0.29) is 5.91 Å². The van der Waals surface area contributed by atoms with Gasteiger partial charge in [0.2, 0.25) is 5.91 Å². The highest BCUT2D eigenvalue weighted by Crippen LogP contribution is 2.23. The van der Waals surface area contributed by atoms with Crippen LogP contribution >= 0.6 is 11.6 Å². The summed E-state index contributed by atoms with van der Waals surface area (Å²) in [7, 11) is 0. The molecule has 2 heterocycles. The lowest BCUT2D eigenvalue weighted by atomic mass is 10.2. The number of amides is 1. The Hall–Kier alpha value is -2.40. The second kappa shape index (κ2) is 7.46. The first kappa shape index (κ1) is 17.0. The number of fused-ring (bicyclic) bond motifs is 1. The Kier molecular flexibility index (Phi) is 4.89. The van der Waals surface area contributed by atoms with E-state index in [1.54, 1.807) is 6.08 Å². The highest BCUT2D eigenvalue weighted by atomic mass is 35.5. The van der Waals surface area contributed by atoms with Crippen molar-refractivity contribution in [1.82, 2.24) is 15.1 Å². The molecule has 26 heavy (non-hydrogen) atoms. The van der Waals surface area contributed by atoms with Gasteiger partial charge in [0.1, 0.15) is 0 Å². The van der Waals surface area contributed by atoms with Crippen molar-refractivity contribution in [2.24, 2.45) is 0 Å². The molecule has 0 saturated carbocycles. The Morgan fingerprint density at radius 3 is 2.58 bits per heavy atom. The van der Waals surface area contributed by atoms with E-state index in [1.165, 1.54) is 12.0 Å². The first-order chi connectivity index (χ1) is 12.7. The van der Waals surface area contributed by atoms with E-state index in [9.17, 15) is 4.79 Å². The highest BCUT2D eigenvalue weighted by molar-refractivity contribution is 6.30. The summed E-state index contributed by atoms with van der Waals surface area (Å²) in [5.74, 6) is 0.981. The van der Waals surface area contributed by atoms with Crippen LogP contribution in [-0.2, 0) is 17.6 Å². The summed E-state index contributed by atoms with van der Waals surface area (Å²) in [6.45, 7) is 2.97. The number of aryl methyl sites for hydroxylation is 2. The van der Waals surface area contributed by atoms with Gasteiger partial charge in [-0.05, 0) is 54.7 Å². The number of rotatable bonds is 3. The lowest BCUT2D eigenvalue weighted by molar-refractivity contribution is -0.126. The van der Waals surface area contributed by atoms with Gasteiger partial charge in [0, 0.05) is 37.3 Å². The molecule has 2 aliphatic rings. The van der Waals surface area contributed by atoms with E-state index in [2.05, 4.69) is 21.2 Å². The first-order valence-electron chi connectivity index (χ1n) is 9.02. The average Bonchev–Trinajstić information content (AvgIpc) is 3.15. The minimum atomic E-state index is 0.0413. The van der Waals surface area contributed by atoms with Crippen LogP contribution in [0.5, 0.6) is 0 Å². The van der Waals surface area contributed by atoms with Crippen LogP contribution in [0.4, 0.5) is 5.82 Å². The van der Waals surface area contributed by atoms with Crippen molar-refractivity contribution in [3.05, 3.63) is 58.3 Å². The number of hydrogen-bond acceptors (Lipinski definition) is 4. The van der Waals surface area contributed by atoms with Crippen molar-refractivity contribution in [1.29, 1.82) is 0 Å². The molecular formula is C20H21ClN4O. The van der Waals surface area contributed by atoms with Crippen LogP contribution in [0.3, 0.4) is 0 Å². The van der Waals surface area contributed by atoms with Gasteiger partial charge in [0.05, 0.1) is 5.69 Å². The van der Waals surface area contributed by atoms with Gasteiger partial charge in [0.25, 0.3) is 0 Å². The van der Waals surface area contributed by atoms with Crippen LogP contribution in [0.25, 0.3) is 6.08 Å². The molecule has 0 radical (unpaired) electrons. The van der Waals surface area contributed by atoms with Crippen LogP contribution in [0.15, 0.2) is 36.4 Å². The van der Waals surface area contributed by atoms with Crippen molar-refractivity contribution < 1.29 is 4.79 Å². The fourth-order valence-corrected chi connectivity index (χ4v) is 3.60. The highest BCUT2D eigenvalue weighted by Gasteiger charge is 2.22. The smallest absolute Gasteiger partial charge is 0.246 e. The largest absolute Gasteiger partial charge is 0.352 e. The summed E-state index contributed by atoms with van der Waals surface area (Å²) in [4.78, 5) is 16.5. The maximum atomic E-state index is 12.4. The van der Waals surface area contributed by atoms with Gasteiger partial charge in [-0.15, -0.1) is 5.10 Å². The van der Waals surface area contributed by atoms with Gasteiger partial charge < -0.3 is 9.80 Å². The first-order valence-corrected chi connectivity index (χ1v) is 9.40. The van der Waals surface area contributed by atoms with Crippen molar-refractivity contribution in [2.75, 3.05) is 31.1 Å². The minimum absolute atomic E-state index is 0.0413. The Morgan fingerprint density at radius 1 is 1.04 bits per heavy atom. The van der Waals surface area contributed by atoms with Gasteiger partial charge >= 0.3 is 0 Å². The number of hydrogen-bond donors (Lipinski definition) is 0. The number of halogens is 1. The molecule has 0 spiro atoms. The van der Waals surface area contributed by atoms with E-state index >= 15 is 0 Å². The Bertz CT molecular complexity index is 826. The molecule has 1 aromatic heterocycles. The molecule has 2 aromatic rings. The van der Waals surface area contributed by atoms with Crippen LogP contribution in [0.2, 0.25) is 5.02 Å². The Labute approximate surface area is 158 Å². The molecule has 0 bridgehead atoms. The molecule has 1 aliphatic carbocycles. The number of benzene rings is 1. The van der Waals surface area contributed by atoms with Crippen LogP contribution in [0.1, 0.15) is 23.2 Å². The van der Waals surface area contributed by atoms with E-state index in [4.69, 9.17) is 11.6 Å². The predicted molar refractivity (Wildman–Crippen MR) is 103 cm³/mol. The number of nitrogens with zero attached hydrogens (tertiary/aromatic N) is 4. The topological polar surface area (TPSA) is 49.3 Å². The quantitative estimate of drug-likeness (QED) is 0.781. The average molecular weight is 369 g/mol. The van der Waals surface area contributed by atoms with Gasteiger partial charge in [-0.25, -0.2) is 0 Å². The summed E-state index contributed by atoms with van der Waals surface area (Å²) in [5.41, 5.74) is 3.45. The minimum Gasteiger partial charge on any atom is -0.352 e. The summed E-state index contributed by atoms with van der Waals surface area (Å²) < 4.78 is 0. The number of anilines is 1. The molecule has 1 fully saturated rings. The van der Waals surface area contributed by atoms with Crippen molar-refractivity contribution in [3.8, 4) is 0 Å². The van der Waals surface area contributed by atoms with Gasteiger partial charge in [0.15, 0.2) is 5.82 Å². The third kappa shape index (κ3) is 3.73. The molecule has 5 nitrogen and oxygen atoms in total. The zero-order valence-corrected chi connectivity index (χ0v) is 15.3. The van der Waals surface area contributed by atoms with Crippen LogP contribution in [0, 0.1) is 0 Å². The lowest BCUT2D eigenvalue weighted by Crippen LogP contribution is -2.48. The normalized spacial score (nSPS) is 17.0. The SMILES string of the molecule is O=C(/C=C/c1ccc(Cl)cc1)N1CCN(c2cc3c(nn2)CCC3)CC1. The van der Waals surface area contributed by atoms with Crippen molar-refractivity contribution in [3.63, 3.8) is 0 Å². The maximum Gasteiger partial charge on any atom is 0.246 e. The molecule has 0 atom stereocenters. The fourth-order valence-electron chi connectivity index (χ4n) is 3.47. The third-order valence-electron chi connectivity index (χ3n) is 5.01. The molecule has 1 aromatic carbocycles. The van der Waals surface area contributed by atoms with E-state index in [1.807, 2.05) is 35.2 Å². The summed E-state index contributed by atoms with van der Waals surface area (Å²) in [5, 5.41) is 9.43. The molecule has 1 saturated heterocycles. The molecule has 6 heteroatoms. The van der Waals surface area contributed by atoms with Crippen LogP contribution < -0.4 is 4.90 Å². The number of piperazine rings is 1. The van der Waals surface area contributed by atoms with E-state index in [0.29, 0.717) is 18.1 Å². The zero-order valence-electron chi connectivity index (χ0n) is 14.6. The summed E-state index contributed by atoms with van der Waals surface area (Å²) in [6, 6.07) is 9.62. The molecule has 134 valence electrons. The van der Waals surface area contributed by atoms with E-state index < -0.39 is 0 Å². The Morgan fingerprint density at radius 2 is 1.81 bits per heavy atom. The van der Waals surface area contributed by atoms with Crippen LogP contribution in [-0.4, -0.2) is 47.2 Å². The molecule has 0 N–H and O–H groups in total. The second-order valence-electron chi connectivity index (χ2n) is 6.73.